The van der Waals surface area contributed by atoms with Gasteiger partial charge in [0.1, 0.15) is 0 Å². The smallest absolute Gasteiger partial charge is 0.305 e. The lowest BCUT2D eigenvalue weighted by Crippen LogP contribution is -2.32. The maximum Gasteiger partial charge on any atom is 0.305 e. The lowest BCUT2D eigenvalue weighted by molar-refractivity contribution is -0.140. The number of carboxylic acids is 1. The van der Waals surface area contributed by atoms with Gasteiger partial charge in [-0.25, -0.2) is 0 Å². The maximum absolute atomic E-state index is 12.3. The molecule has 6 heteroatoms. The number of amides is 1. The summed E-state index contributed by atoms with van der Waals surface area (Å²) in [5, 5.41) is 9.06. The quantitative estimate of drug-likeness (QED) is 0.901. The van der Waals surface area contributed by atoms with Gasteiger partial charge in [-0.3, -0.25) is 14.4 Å². The molecule has 1 aliphatic rings. The van der Waals surface area contributed by atoms with Crippen molar-refractivity contribution in [2.75, 3.05) is 6.54 Å². The molecule has 118 valence electrons. The van der Waals surface area contributed by atoms with E-state index in [0.29, 0.717) is 6.54 Å². The molecule has 5 nitrogen and oxygen atoms in total. The van der Waals surface area contributed by atoms with Crippen LogP contribution in [0, 0.1) is 6.92 Å². The van der Waals surface area contributed by atoms with Crippen LogP contribution in [0.25, 0.3) is 0 Å². The summed E-state index contributed by atoms with van der Waals surface area (Å²) in [4.78, 5) is 36.3. The van der Waals surface area contributed by atoms with Gasteiger partial charge in [0.05, 0.1) is 12.5 Å². The third kappa shape index (κ3) is 4.10. The number of likely N-dealkylation sites (tertiary alicyclic amines) is 1. The lowest BCUT2D eigenvalue weighted by Gasteiger charge is -2.27. The van der Waals surface area contributed by atoms with Crippen molar-refractivity contribution in [2.45, 2.75) is 38.0 Å². The molecule has 0 radical (unpaired) electrons. The highest BCUT2D eigenvalue weighted by Crippen LogP contribution is 2.33. The summed E-state index contributed by atoms with van der Waals surface area (Å²) in [5.41, 5.74) is 1.85. The fourth-order valence-corrected chi connectivity index (χ4v) is 3.69. The summed E-state index contributed by atoms with van der Waals surface area (Å²) >= 11 is 1.16. The summed E-state index contributed by atoms with van der Waals surface area (Å²) in [5.74, 6) is -1.03. The number of carbonyl (C=O) groups is 3. The van der Waals surface area contributed by atoms with Crippen molar-refractivity contribution in [1.29, 1.82) is 0 Å². The van der Waals surface area contributed by atoms with Gasteiger partial charge >= 0.3 is 5.97 Å². The number of benzene rings is 1. The Morgan fingerprint density at radius 2 is 2.18 bits per heavy atom. The number of rotatable bonds is 5. The second kappa shape index (κ2) is 6.96. The van der Waals surface area contributed by atoms with E-state index in [0.717, 1.165) is 22.9 Å². The standard InChI is InChI=1S/C16H19NO4S/c1-10-4-3-5-12(6-10)14(8-16(20)21)17-9-13(7-15(17)19)22-11(2)18/h3-6,13-14H,7-9H2,1-2H3,(H,20,21). The Morgan fingerprint density at radius 3 is 2.77 bits per heavy atom. The number of nitrogens with zero attached hydrogens (tertiary/aromatic N) is 1. The summed E-state index contributed by atoms with van der Waals surface area (Å²) in [6.07, 6.45) is 0.152. The number of aliphatic carboxylic acids is 1. The first-order valence-corrected chi connectivity index (χ1v) is 8.00. The van der Waals surface area contributed by atoms with Crippen molar-refractivity contribution in [3.63, 3.8) is 0 Å². The molecule has 2 atom stereocenters. The van der Waals surface area contributed by atoms with Crippen LogP contribution in [-0.2, 0) is 14.4 Å². The van der Waals surface area contributed by atoms with Crippen molar-refractivity contribution in [3.05, 3.63) is 35.4 Å². The molecule has 1 N–H and O–H groups in total. The number of carbonyl (C=O) groups excluding carboxylic acids is 2. The molecule has 0 aromatic heterocycles. The predicted octanol–water partition coefficient (Wildman–Crippen LogP) is 2.39. The van der Waals surface area contributed by atoms with Crippen LogP contribution in [-0.4, -0.2) is 38.8 Å². The highest BCUT2D eigenvalue weighted by molar-refractivity contribution is 8.14. The van der Waals surface area contributed by atoms with Gasteiger partial charge in [-0.05, 0) is 12.5 Å². The number of hydrogen-bond acceptors (Lipinski definition) is 4. The average Bonchev–Trinajstić information content (AvgIpc) is 2.75. The van der Waals surface area contributed by atoms with Gasteiger partial charge in [-0.15, -0.1) is 0 Å². The molecule has 0 spiro atoms. The Balaban J connectivity index is 2.24. The molecule has 2 unspecified atom stereocenters. The molecule has 0 aliphatic carbocycles. The monoisotopic (exact) mass is 321 g/mol. The molecule has 1 aromatic rings. The molecule has 1 aromatic carbocycles. The van der Waals surface area contributed by atoms with E-state index in [1.807, 2.05) is 31.2 Å². The van der Waals surface area contributed by atoms with E-state index < -0.39 is 12.0 Å². The third-order valence-corrected chi connectivity index (χ3v) is 4.61. The van der Waals surface area contributed by atoms with Crippen molar-refractivity contribution < 1.29 is 19.5 Å². The molecule has 1 amide bonds. The highest BCUT2D eigenvalue weighted by Gasteiger charge is 2.36. The lowest BCUT2D eigenvalue weighted by atomic mass is 10.0. The summed E-state index contributed by atoms with van der Waals surface area (Å²) < 4.78 is 0. The Labute approximate surface area is 133 Å². The second-order valence-electron chi connectivity index (χ2n) is 5.51. The summed E-state index contributed by atoms with van der Waals surface area (Å²) in [6.45, 7) is 3.82. The first-order valence-electron chi connectivity index (χ1n) is 7.12. The van der Waals surface area contributed by atoms with E-state index in [4.69, 9.17) is 0 Å². The van der Waals surface area contributed by atoms with Gasteiger partial charge in [0, 0.05) is 25.1 Å². The minimum atomic E-state index is -0.943. The fraction of sp³-hybridized carbons (Fsp3) is 0.438. The molecule has 0 saturated carbocycles. The Kier molecular flexibility index (Phi) is 5.24. The van der Waals surface area contributed by atoms with Crippen LogP contribution in [0.5, 0.6) is 0 Å². The molecule has 0 bridgehead atoms. The molecule has 1 aliphatic heterocycles. The number of aryl methyl sites for hydroxylation is 1. The van der Waals surface area contributed by atoms with E-state index in [-0.39, 0.29) is 29.1 Å². The van der Waals surface area contributed by atoms with Crippen LogP contribution in [0.1, 0.15) is 36.9 Å². The fourth-order valence-electron chi connectivity index (χ4n) is 2.76. The minimum absolute atomic E-state index is 0.0232. The van der Waals surface area contributed by atoms with E-state index in [1.165, 1.54) is 6.92 Å². The van der Waals surface area contributed by atoms with Gasteiger partial charge in [-0.1, -0.05) is 41.6 Å². The molecule has 1 heterocycles. The zero-order chi connectivity index (χ0) is 16.3. The average molecular weight is 321 g/mol. The Bertz CT molecular complexity index is 602. The zero-order valence-corrected chi connectivity index (χ0v) is 13.4. The molecule has 22 heavy (non-hydrogen) atoms. The first kappa shape index (κ1) is 16.5. The van der Waals surface area contributed by atoms with Crippen LogP contribution in [0.2, 0.25) is 0 Å². The molecular weight excluding hydrogens is 302 g/mol. The van der Waals surface area contributed by atoms with Crippen molar-refractivity contribution >= 4 is 28.8 Å². The largest absolute Gasteiger partial charge is 0.481 e. The van der Waals surface area contributed by atoms with Crippen LogP contribution >= 0.6 is 11.8 Å². The SMILES string of the molecule is CC(=O)SC1CC(=O)N(C(CC(=O)O)c2cccc(C)c2)C1. The third-order valence-electron chi connectivity index (χ3n) is 3.63. The maximum atomic E-state index is 12.3. The van der Waals surface area contributed by atoms with Gasteiger partial charge < -0.3 is 10.0 Å². The zero-order valence-electron chi connectivity index (χ0n) is 12.6. The predicted molar refractivity (Wildman–Crippen MR) is 84.6 cm³/mol. The van der Waals surface area contributed by atoms with Gasteiger partial charge in [0.25, 0.3) is 0 Å². The molecule has 1 saturated heterocycles. The van der Waals surface area contributed by atoms with Gasteiger partial charge in [0.15, 0.2) is 5.12 Å². The van der Waals surface area contributed by atoms with Crippen LogP contribution in [0.3, 0.4) is 0 Å². The highest BCUT2D eigenvalue weighted by atomic mass is 32.2. The van der Waals surface area contributed by atoms with E-state index in [1.54, 1.807) is 4.90 Å². The van der Waals surface area contributed by atoms with Gasteiger partial charge in [-0.2, -0.15) is 0 Å². The van der Waals surface area contributed by atoms with Crippen LogP contribution in [0.15, 0.2) is 24.3 Å². The molecule has 2 rings (SSSR count). The number of carboxylic acid groups (broad SMARTS) is 1. The van der Waals surface area contributed by atoms with Crippen molar-refractivity contribution in [1.82, 2.24) is 4.90 Å². The summed E-state index contributed by atoms with van der Waals surface area (Å²) in [6, 6.07) is 7.07. The molecular formula is C16H19NO4S. The van der Waals surface area contributed by atoms with Gasteiger partial charge in [0.2, 0.25) is 5.91 Å². The van der Waals surface area contributed by atoms with Crippen molar-refractivity contribution in [3.8, 4) is 0 Å². The normalized spacial score (nSPS) is 19.3. The van der Waals surface area contributed by atoms with Crippen molar-refractivity contribution in [2.24, 2.45) is 0 Å². The van der Waals surface area contributed by atoms with E-state index >= 15 is 0 Å². The first-order chi connectivity index (χ1) is 10.4. The Morgan fingerprint density at radius 1 is 1.45 bits per heavy atom. The molecule has 1 fully saturated rings. The summed E-state index contributed by atoms with van der Waals surface area (Å²) in [7, 11) is 0. The number of hydrogen-bond donors (Lipinski definition) is 1. The Hall–Kier alpha value is -1.82. The second-order valence-corrected chi connectivity index (χ2v) is 6.99. The van der Waals surface area contributed by atoms with Crippen LogP contribution < -0.4 is 0 Å². The van der Waals surface area contributed by atoms with E-state index in [2.05, 4.69) is 0 Å². The number of thioether (sulfide) groups is 1. The topological polar surface area (TPSA) is 74.7 Å². The minimum Gasteiger partial charge on any atom is -0.481 e. The van der Waals surface area contributed by atoms with E-state index in [9.17, 15) is 19.5 Å². The van der Waals surface area contributed by atoms with Crippen LogP contribution in [0.4, 0.5) is 0 Å².